The van der Waals surface area contributed by atoms with Crippen molar-refractivity contribution in [3.05, 3.63) is 23.7 Å². The Morgan fingerprint density at radius 2 is 2.00 bits per heavy atom. The molecule has 1 unspecified atom stereocenters. The zero-order chi connectivity index (χ0) is 19.2. The average Bonchev–Trinajstić information content (AvgIpc) is 3.07. The molecule has 2 saturated heterocycles. The van der Waals surface area contributed by atoms with Crippen molar-refractivity contribution in [3.63, 3.8) is 0 Å². The van der Waals surface area contributed by atoms with Crippen LogP contribution in [0.25, 0.3) is 10.1 Å². The van der Waals surface area contributed by atoms with E-state index in [-0.39, 0.29) is 11.8 Å². The van der Waals surface area contributed by atoms with Gasteiger partial charge in [0, 0.05) is 35.9 Å². The van der Waals surface area contributed by atoms with Crippen LogP contribution in [-0.4, -0.2) is 55.1 Å². The van der Waals surface area contributed by atoms with Crippen molar-refractivity contribution in [2.45, 2.75) is 44.9 Å². The number of fused-ring (bicyclic) bond motifs is 1. The Morgan fingerprint density at radius 3 is 2.86 bits per heavy atom. The van der Waals surface area contributed by atoms with Gasteiger partial charge in [0.05, 0.1) is 5.92 Å². The zero-order valence-electron chi connectivity index (χ0n) is 16.7. The number of pyridine rings is 1. The van der Waals surface area contributed by atoms with Crippen molar-refractivity contribution < 1.29 is 4.79 Å². The normalized spacial score (nSPS) is 21.6. The molecule has 0 aliphatic carbocycles. The van der Waals surface area contributed by atoms with Crippen LogP contribution in [0.4, 0.5) is 5.82 Å². The Morgan fingerprint density at radius 1 is 1.14 bits per heavy atom. The summed E-state index contributed by atoms with van der Waals surface area (Å²) in [6, 6.07) is 4.22. The molecule has 2 aliphatic rings. The number of anilines is 1. The molecule has 2 aliphatic heterocycles. The van der Waals surface area contributed by atoms with Gasteiger partial charge in [-0.25, -0.2) is 4.98 Å². The smallest absolute Gasteiger partial charge is 0.224 e. The van der Waals surface area contributed by atoms with Crippen LogP contribution in [0.5, 0.6) is 0 Å². The monoisotopic (exact) mass is 400 g/mol. The Kier molecular flexibility index (Phi) is 6.81. The summed E-state index contributed by atoms with van der Waals surface area (Å²) in [6.45, 7) is 6.13. The van der Waals surface area contributed by atoms with Gasteiger partial charge in [0.1, 0.15) is 5.82 Å². The second kappa shape index (κ2) is 9.70. The molecular weight excluding hydrogens is 368 g/mol. The first-order chi connectivity index (χ1) is 13.8. The molecule has 1 amide bonds. The van der Waals surface area contributed by atoms with Crippen LogP contribution in [0.1, 0.15) is 44.9 Å². The molecule has 0 saturated carbocycles. The number of nitrogens with one attached hydrogen (secondary N) is 1. The second-order valence-electron chi connectivity index (χ2n) is 8.15. The van der Waals surface area contributed by atoms with E-state index in [0.717, 1.165) is 51.3 Å². The van der Waals surface area contributed by atoms with E-state index in [2.05, 4.69) is 37.6 Å². The van der Waals surface area contributed by atoms with Gasteiger partial charge < -0.3 is 15.1 Å². The summed E-state index contributed by atoms with van der Waals surface area (Å²) < 4.78 is 1.27. The number of aromatic nitrogens is 1. The Balaban J connectivity index is 1.26. The number of piperidine rings is 1. The number of hydrogen-bond donors (Lipinski definition) is 1. The summed E-state index contributed by atoms with van der Waals surface area (Å²) in [4.78, 5) is 22.2. The maximum atomic E-state index is 12.7. The number of carbonyl (C=O) groups excluding carboxylic acids is 1. The third kappa shape index (κ3) is 4.84. The lowest BCUT2D eigenvalue weighted by Crippen LogP contribution is -2.44. The summed E-state index contributed by atoms with van der Waals surface area (Å²) in [6.07, 6.45) is 10.4. The van der Waals surface area contributed by atoms with Crippen LogP contribution in [0.3, 0.4) is 0 Å². The summed E-state index contributed by atoms with van der Waals surface area (Å²) in [5.41, 5.74) is 0. The van der Waals surface area contributed by atoms with E-state index in [1.165, 1.54) is 48.9 Å². The van der Waals surface area contributed by atoms with Crippen molar-refractivity contribution in [2.24, 2.45) is 5.92 Å². The van der Waals surface area contributed by atoms with Crippen LogP contribution in [0.15, 0.2) is 23.7 Å². The van der Waals surface area contributed by atoms with Gasteiger partial charge in [0.15, 0.2) is 0 Å². The van der Waals surface area contributed by atoms with Crippen LogP contribution in [0.2, 0.25) is 0 Å². The fraction of sp³-hybridized carbons (Fsp3) is 0.636. The number of likely N-dealkylation sites (tertiary alicyclic amines) is 1. The first-order valence-corrected chi connectivity index (χ1v) is 11.8. The summed E-state index contributed by atoms with van der Waals surface area (Å²) >= 11 is 1.75. The first-order valence-electron chi connectivity index (χ1n) is 10.9. The van der Waals surface area contributed by atoms with Gasteiger partial charge in [-0.3, -0.25) is 4.79 Å². The molecule has 5 nitrogen and oxygen atoms in total. The predicted molar refractivity (Wildman–Crippen MR) is 117 cm³/mol. The maximum absolute atomic E-state index is 12.7. The van der Waals surface area contributed by atoms with Gasteiger partial charge >= 0.3 is 0 Å². The third-order valence-corrected chi connectivity index (χ3v) is 6.98. The molecule has 6 heteroatoms. The Hall–Kier alpha value is -1.66. The summed E-state index contributed by atoms with van der Waals surface area (Å²) in [7, 11) is 0. The third-order valence-electron chi connectivity index (χ3n) is 6.10. The van der Waals surface area contributed by atoms with E-state index in [4.69, 9.17) is 0 Å². The second-order valence-corrected chi connectivity index (χ2v) is 9.10. The fourth-order valence-electron chi connectivity index (χ4n) is 4.53. The Bertz CT molecular complexity index is 769. The fourth-order valence-corrected chi connectivity index (χ4v) is 5.31. The van der Waals surface area contributed by atoms with Crippen LogP contribution in [-0.2, 0) is 4.79 Å². The number of amides is 1. The topological polar surface area (TPSA) is 48.5 Å². The highest BCUT2D eigenvalue weighted by Crippen LogP contribution is 2.31. The van der Waals surface area contributed by atoms with E-state index < -0.39 is 0 Å². The lowest BCUT2D eigenvalue weighted by molar-refractivity contribution is -0.125. The van der Waals surface area contributed by atoms with Gasteiger partial charge in [-0.1, -0.05) is 12.8 Å². The number of hydrogen-bond acceptors (Lipinski definition) is 5. The Labute approximate surface area is 172 Å². The van der Waals surface area contributed by atoms with Crippen molar-refractivity contribution in [1.29, 1.82) is 0 Å². The average molecular weight is 401 g/mol. The van der Waals surface area contributed by atoms with Crippen molar-refractivity contribution in [1.82, 2.24) is 15.2 Å². The summed E-state index contributed by atoms with van der Waals surface area (Å²) in [5.74, 6) is 1.33. The molecular formula is C22H32N4OS. The molecule has 2 aromatic heterocycles. The molecule has 0 spiro atoms. The van der Waals surface area contributed by atoms with E-state index in [9.17, 15) is 4.79 Å². The molecule has 28 heavy (non-hydrogen) atoms. The van der Waals surface area contributed by atoms with E-state index in [1.54, 1.807) is 11.3 Å². The van der Waals surface area contributed by atoms with Crippen molar-refractivity contribution >= 4 is 33.1 Å². The molecule has 0 radical (unpaired) electrons. The predicted octanol–water partition coefficient (Wildman–Crippen LogP) is 3.90. The van der Waals surface area contributed by atoms with Gasteiger partial charge in [0.25, 0.3) is 0 Å². The molecule has 152 valence electrons. The minimum absolute atomic E-state index is 0.0719. The van der Waals surface area contributed by atoms with Crippen LogP contribution in [0, 0.1) is 5.92 Å². The molecule has 0 bridgehead atoms. The molecule has 0 aromatic carbocycles. The van der Waals surface area contributed by atoms with E-state index in [0.29, 0.717) is 0 Å². The number of rotatable bonds is 6. The molecule has 1 atom stereocenters. The summed E-state index contributed by atoms with van der Waals surface area (Å²) in [5, 5.41) is 6.53. The van der Waals surface area contributed by atoms with Crippen molar-refractivity contribution in [2.75, 3.05) is 44.2 Å². The zero-order valence-corrected chi connectivity index (χ0v) is 17.6. The SMILES string of the molecule is O=C(NCCCN1CCCCCC1)C1CCCN(c2nccc3sccc23)C1. The molecule has 2 aromatic rings. The maximum Gasteiger partial charge on any atom is 0.224 e. The largest absolute Gasteiger partial charge is 0.356 e. The highest BCUT2D eigenvalue weighted by atomic mass is 32.1. The molecule has 4 heterocycles. The van der Waals surface area contributed by atoms with Gasteiger partial charge in [0.2, 0.25) is 5.91 Å². The highest BCUT2D eigenvalue weighted by molar-refractivity contribution is 7.17. The number of carbonyl (C=O) groups is 1. The first kappa shape index (κ1) is 19.6. The van der Waals surface area contributed by atoms with Gasteiger partial charge in [-0.05, 0) is 69.3 Å². The molecule has 4 rings (SSSR count). The van der Waals surface area contributed by atoms with E-state index in [1.807, 2.05) is 6.20 Å². The lowest BCUT2D eigenvalue weighted by Gasteiger charge is -2.33. The highest BCUT2D eigenvalue weighted by Gasteiger charge is 2.27. The number of nitrogens with zero attached hydrogens (tertiary/aromatic N) is 3. The van der Waals surface area contributed by atoms with Crippen LogP contribution < -0.4 is 10.2 Å². The van der Waals surface area contributed by atoms with Gasteiger partial charge in [-0.2, -0.15) is 0 Å². The molecule has 1 N–H and O–H groups in total. The minimum Gasteiger partial charge on any atom is -0.356 e. The molecule has 2 fully saturated rings. The van der Waals surface area contributed by atoms with Crippen molar-refractivity contribution in [3.8, 4) is 0 Å². The van der Waals surface area contributed by atoms with Gasteiger partial charge in [-0.15, -0.1) is 11.3 Å². The van der Waals surface area contributed by atoms with Crippen LogP contribution >= 0.6 is 11.3 Å². The number of thiophene rings is 1. The lowest BCUT2D eigenvalue weighted by atomic mass is 9.97. The minimum atomic E-state index is 0.0719. The quantitative estimate of drug-likeness (QED) is 0.747. The standard InChI is InChI=1S/C22H32N4OS/c27-22(24-10-6-14-25-12-3-1-2-4-13-25)18-7-5-15-26(17-18)21-19-9-16-28-20(19)8-11-23-21/h8-9,11,16,18H,1-7,10,12-15,17H2,(H,24,27). The van der Waals surface area contributed by atoms with E-state index >= 15 is 0 Å².